The summed E-state index contributed by atoms with van der Waals surface area (Å²) in [5.41, 5.74) is 1.63. The Bertz CT molecular complexity index is 606. The first kappa shape index (κ1) is 14.8. The number of pyridine rings is 1. The van der Waals surface area contributed by atoms with Crippen LogP contribution in [0.3, 0.4) is 0 Å². The van der Waals surface area contributed by atoms with Crippen molar-refractivity contribution in [3.05, 3.63) is 53.7 Å². The van der Waals surface area contributed by atoms with Crippen molar-refractivity contribution in [2.45, 2.75) is 6.61 Å². The largest absolute Gasteiger partial charge is 0.497 e. The molecule has 21 heavy (non-hydrogen) atoms. The second-order valence-corrected chi connectivity index (χ2v) is 4.37. The molecule has 0 aliphatic heterocycles. The van der Waals surface area contributed by atoms with Crippen molar-refractivity contribution in [2.75, 3.05) is 25.6 Å². The number of rotatable bonds is 7. The van der Waals surface area contributed by atoms with E-state index in [1.807, 2.05) is 30.3 Å². The zero-order chi connectivity index (χ0) is 14.9. The van der Waals surface area contributed by atoms with Gasteiger partial charge >= 0.3 is 0 Å². The Hall–Kier alpha value is -2.58. The lowest BCUT2D eigenvalue weighted by molar-refractivity contribution is 0.130. The minimum Gasteiger partial charge on any atom is -0.497 e. The van der Waals surface area contributed by atoms with E-state index >= 15 is 0 Å². The number of benzene rings is 1. The molecule has 2 aromatic rings. The van der Waals surface area contributed by atoms with Crippen LogP contribution < -0.4 is 10.1 Å². The van der Waals surface area contributed by atoms with Gasteiger partial charge in [0.05, 0.1) is 25.9 Å². The summed E-state index contributed by atoms with van der Waals surface area (Å²) in [6, 6.07) is 13.3. The van der Waals surface area contributed by atoms with Crippen molar-refractivity contribution < 1.29 is 9.47 Å². The number of hydrogen-bond acceptors (Lipinski definition) is 5. The molecule has 0 aliphatic rings. The maximum absolute atomic E-state index is 8.68. The molecule has 1 heterocycles. The highest BCUT2D eigenvalue weighted by atomic mass is 16.5. The van der Waals surface area contributed by atoms with E-state index < -0.39 is 0 Å². The molecule has 0 saturated heterocycles. The van der Waals surface area contributed by atoms with Crippen LogP contribution in [-0.4, -0.2) is 25.2 Å². The van der Waals surface area contributed by atoms with Gasteiger partial charge in [-0.25, -0.2) is 4.98 Å². The van der Waals surface area contributed by atoms with E-state index in [0.29, 0.717) is 25.3 Å². The van der Waals surface area contributed by atoms with Crippen LogP contribution in [0, 0.1) is 11.3 Å². The number of ether oxygens (including phenoxy) is 2. The first-order valence-electron chi connectivity index (χ1n) is 6.62. The van der Waals surface area contributed by atoms with Gasteiger partial charge in [-0.1, -0.05) is 12.1 Å². The van der Waals surface area contributed by atoms with Gasteiger partial charge < -0.3 is 14.8 Å². The molecule has 108 valence electrons. The number of nitrogens with one attached hydrogen (secondary N) is 1. The topological polar surface area (TPSA) is 67.2 Å². The molecule has 1 aromatic carbocycles. The molecule has 1 aromatic heterocycles. The maximum Gasteiger partial charge on any atom is 0.126 e. The molecule has 2 rings (SSSR count). The Labute approximate surface area is 124 Å². The van der Waals surface area contributed by atoms with Crippen LogP contribution in [0.2, 0.25) is 0 Å². The summed E-state index contributed by atoms with van der Waals surface area (Å²) in [7, 11) is 1.65. The van der Waals surface area contributed by atoms with Gasteiger partial charge in [0.25, 0.3) is 0 Å². The summed E-state index contributed by atoms with van der Waals surface area (Å²) < 4.78 is 10.7. The van der Waals surface area contributed by atoms with E-state index in [9.17, 15) is 0 Å². The Morgan fingerprint density at radius 2 is 2.19 bits per heavy atom. The van der Waals surface area contributed by atoms with E-state index in [4.69, 9.17) is 14.7 Å². The van der Waals surface area contributed by atoms with Crippen LogP contribution in [0.4, 0.5) is 5.82 Å². The average Bonchev–Trinajstić information content (AvgIpc) is 2.55. The van der Waals surface area contributed by atoms with Crippen LogP contribution in [0.15, 0.2) is 42.6 Å². The van der Waals surface area contributed by atoms with Gasteiger partial charge in [-0.3, -0.25) is 0 Å². The Morgan fingerprint density at radius 3 is 2.90 bits per heavy atom. The second-order valence-electron chi connectivity index (χ2n) is 4.37. The average molecular weight is 283 g/mol. The van der Waals surface area contributed by atoms with E-state index in [0.717, 1.165) is 17.1 Å². The lowest BCUT2D eigenvalue weighted by atomic mass is 10.2. The van der Waals surface area contributed by atoms with Crippen molar-refractivity contribution in [1.82, 2.24) is 4.98 Å². The van der Waals surface area contributed by atoms with Gasteiger partial charge in [-0.15, -0.1) is 0 Å². The Morgan fingerprint density at radius 1 is 1.29 bits per heavy atom. The van der Waals surface area contributed by atoms with Gasteiger partial charge in [-0.2, -0.15) is 5.26 Å². The molecule has 0 bridgehead atoms. The summed E-state index contributed by atoms with van der Waals surface area (Å²) >= 11 is 0. The second kappa shape index (κ2) is 7.88. The quantitative estimate of drug-likeness (QED) is 0.791. The van der Waals surface area contributed by atoms with Crippen LogP contribution in [0.1, 0.15) is 11.1 Å². The zero-order valence-corrected chi connectivity index (χ0v) is 11.9. The molecule has 5 heteroatoms. The van der Waals surface area contributed by atoms with Crippen LogP contribution in [0.25, 0.3) is 0 Å². The van der Waals surface area contributed by atoms with Crippen LogP contribution in [-0.2, 0) is 11.3 Å². The minimum atomic E-state index is 0.541. The molecule has 0 spiro atoms. The van der Waals surface area contributed by atoms with E-state index in [1.165, 1.54) is 0 Å². The molecule has 0 fully saturated rings. The monoisotopic (exact) mass is 283 g/mol. The van der Waals surface area contributed by atoms with Gasteiger partial charge in [0.2, 0.25) is 0 Å². The number of nitrogens with zero attached hydrogens (tertiary/aromatic N) is 2. The van der Waals surface area contributed by atoms with Crippen LogP contribution >= 0.6 is 0 Å². The van der Waals surface area contributed by atoms with Crippen LogP contribution in [0.5, 0.6) is 5.75 Å². The van der Waals surface area contributed by atoms with Gasteiger partial charge in [-0.05, 0) is 29.8 Å². The third-order valence-corrected chi connectivity index (χ3v) is 2.85. The Kier molecular flexibility index (Phi) is 5.56. The molecule has 0 atom stereocenters. The standard InChI is InChI=1S/C16H17N3O2/c1-20-15-4-2-3-13(9-15)12-21-8-7-18-16-6-5-14(10-17)11-19-16/h2-6,9,11H,7-8,12H2,1H3,(H,18,19). The first-order chi connectivity index (χ1) is 10.3. The molecule has 1 N–H and O–H groups in total. The number of methoxy groups -OCH3 is 1. The fourth-order valence-electron chi connectivity index (χ4n) is 1.77. The minimum absolute atomic E-state index is 0.541. The van der Waals surface area contributed by atoms with Gasteiger partial charge in [0.15, 0.2) is 0 Å². The highest BCUT2D eigenvalue weighted by Gasteiger charge is 1.97. The summed E-state index contributed by atoms with van der Waals surface area (Å²) in [6.07, 6.45) is 1.54. The summed E-state index contributed by atoms with van der Waals surface area (Å²) in [5.74, 6) is 1.56. The first-order valence-corrected chi connectivity index (χ1v) is 6.62. The normalized spacial score (nSPS) is 9.90. The molecule has 0 unspecified atom stereocenters. The summed E-state index contributed by atoms with van der Waals surface area (Å²) in [6.45, 7) is 1.77. The smallest absolute Gasteiger partial charge is 0.126 e. The third kappa shape index (κ3) is 4.79. The third-order valence-electron chi connectivity index (χ3n) is 2.85. The summed E-state index contributed by atoms with van der Waals surface area (Å²) in [5, 5.41) is 11.8. The van der Waals surface area contributed by atoms with Crippen molar-refractivity contribution in [3.63, 3.8) is 0 Å². The predicted octanol–water partition coefficient (Wildman–Crippen LogP) is 2.59. The highest BCUT2D eigenvalue weighted by molar-refractivity contribution is 5.38. The number of aromatic nitrogens is 1. The number of hydrogen-bond donors (Lipinski definition) is 1. The van der Waals surface area contributed by atoms with Crippen molar-refractivity contribution >= 4 is 5.82 Å². The van der Waals surface area contributed by atoms with Crippen molar-refractivity contribution in [3.8, 4) is 11.8 Å². The molecular formula is C16H17N3O2. The Balaban J connectivity index is 1.68. The summed E-state index contributed by atoms with van der Waals surface area (Å²) in [4.78, 5) is 4.12. The van der Waals surface area contributed by atoms with E-state index in [1.54, 1.807) is 25.4 Å². The van der Waals surface area contributed by atoms with Crippen molar-refractivity contribution in [1.29, 1.82) is 5.26 Å². The fraction of sp³-hybridized carbons (Fsp3) is 0.250. The lowest BCUT2D eigenvalue weighted by Crippen LogP contribution is -2.10. The lowest BCUT2D eigenvalue weighted by Gasteiger charge is -2.07. The molecule has 0 saturated carbocycles. The molecular weight excluding hydrogens is 266 g/mol. The predicted molar refractivity (Wildman–Crippen MR) is 80.1 cm³/mol. The maximum atomic E-state index is 8.68. The highest BCUT2D eigenvalue weighted by Crippen LogP contribution is 2.13. The number of nitriles is 1. The van der Waals surface area contributed by atoms with E-state index in [-0.39, 0.29) is 0 Å². The molecule has 0 radical (unpaired) electrons. The molecule has 0 aliphatic carbocycles. The van der Waals surface area contributed by atoms with Gasteiger partial charge in [0.1, 0.15) is 17.6 Å². The molecule has 0 amide bonds. The zero-order valence-electron chi connectivity index (χ0n) is 11.9. The fourth-order valence-corrected chi connectivity index (χ4v) is 1.77. The van der Waals surface area contributed by atoms with E-state index in [2.05, 4.69) is 10.3 Å². The van der Waals surface area contributed by atoms with Crippen molar-refractivity contribution in [2.24, 2.45) is 0 Å². The number of anilines is 1. The molecule has 5 nitrogen and oxygen atoms in total. The van der Waals surface area contributed by atoms with Gasteiger partial charge in [0, 0.05) is 12.7 Å². The SMILES string of the molecule is COc1cccc(COCCNc2ccc(C#N)cn2)c1.